The molecule has 0 amide bonds. The number of hydrogen-bond donors (Lipinski definition) is 0. The van der Waals surface area contributed by atoms with E-state index in [0.717, 1.165) is 0 Å². The van der Waals surface area contributed by atoms with Crippen LogP contribution >= 0.6 is 11.6 Å². The Morgan fingerprint density at radius 3 is 2.18 bits per heavy atom. The maximum Gasteiger partial charge on any atom is 0.305 e. The van der Waals surface area contributed by atoms with Crippen molar-refractivity contribution in [2.45, 2.75) is 33.3 Å². The van der Waals surface area contributed by atoms with Gasteiger partial charge in [-0.15, -0.1) is 0 Å². The Labute approximate surface area is 73.2 Å². The molecule has 0 aromatic rings. The number of carbonyl (C=O) groups is 1. The van der Waals surface area contributed by atoms with Crippen LogP contribution in [-0.2, 0) is 9.53 Å². The molecule has 0 aliphatic rings. The zero-order valence-electron chi connectivity index (χ0n) is 7.26. The lowest BCUT2D eigenvalue weighted by Gasteiger charge is -2.04. The number of ether oxygens (including phenoxy) is 1. The molecule has 0 aliphatic carbocycles. The van der Waals surface area contributed by atoms with Crippen LogP contribution in [-0.4, -0.2) is 12.1 Å². The van der Waals surface area contributed by atoms with Crippen molar-refractivity contribution in [3.05, 3.63) is 12.1 Å². The average molecular weight is 179 g/mol. The third-order valence-corrected chi connectivity index (χ3v) is 0.656. The highest BCUT2D eigenvalue weighted by molar-refractivity contribution is 6.25. The van der Waals surface area contributed by atoms with E-state index in [0.29, 0.717) is 6.42 Å². The van der Waals surface area contributed by atoms with Crippen LogP contribution in [0, 0.1) is 0 Å². The standard InChI is InChI=1S/C6H12O2.C2H3Cl/c1-4-6(7)8-5(2)3;1-2-3/h5H,4H2,1-3H3;2H,1H2. The molecule has 0 saturated carbocycles. The largest absolute Gasteiger partial charge is 0.463 e. The van der Waals surface area contributed by atoms with E-state index in [2.05, 4.69) is 6.58 Å². The fraction of sp³-hybridized carbons (Fsp3) is 0.625. The van der Waals surface area contributed by atoms with Crippen molar-refractivity contribution in [1.29, 1.82) is 0 Å². The van der Waals surface area contributed by atoms with Crippen LogP contribution in [0.2, 0.25) is 0 Å². The summed E-state index contributed by atoms with van der Waals surface area (Å²) in [6, 6.07) is 0. The Morgan fingerprint density at radius 1 is 1.73 bits per heavy atom. The Morgan fingerprint density at radius 2 is 2.09 bits per heavy atom. The minimum Gasteiger partial charge on any atom is -0.463 e. The van der Waals surface area contributed by atoms with Gasteiger partial charge in [-0.05, 0) is 19.4 Å². The van der Waals surface area contributed by atoms with Gasteiger partial charge in [-0.1, -0.05) is 25.1 Å². The second-order valence-electron chi connectivity index (χ2n) is 2.05. The highest BCUT2D eigenvalue weighted by Crippen LogP contribution is 1.90. The molecular weight excluding hydrogens is 164 g/mol. The minimum atomic E-state index is -0.125. The van der Waals surface area contributed by atoms with Gasteiger partial charge < -0.3 is 4.74 Å². The lowest BCUT2D eigenvalue weighted by molar-refractivity contribution is -0.146. The van der Waals surface area contributed by atoms with Crippen molar-refractivity contribution in [2.24, 2.45) is 0 Å². The van der Waals surface area contributed by atoms with Gasteiger partial charge in [0, 0.05) is 6.42 Å². The van der Waals surface area contributed by atoms with Crippen LogP contribution in [0.1, 0.15) is 27.2 Å². The minimum absolute atomic E-state index is 0.0300. The van der Waals surface area contributed by atoms with Gasteiger partial charge in [0.2, 0.25) is 0 Å². The third kappa shape index (κ3) is 17.7. The molecule has 0 fully saturated rings. The maximum atomic E-state index is 10.4. The second-order valence-corrected chi connectivity index (χ2v) is 2.36. The molecule has 0 aromatic heterocycles. The third-order valence-electron chi connectivity index (χ3n) is 0.656. The van der Waals surface area contributed by atoms with Crippen molar-refractivity contribution in [3.63, 3.8) is 0 Å². The van der Waals surface area contributed by atoms with Crippen molar-refractivity contribution >= 4 is 17.6 Å². The Bertz CT molecular complexity index is 111. The van der Waals surface area contributed by atoms with E-state index >= 15 is 0 Å². The van der Waals surface area contributed by atoms with E-state index < -0.39 is 0 Å². The van der Waals surface area contributed by atoms with Crippen LogP contribution in [0.25, 0.3) is 0 Å². The summed E-state index contributed by atoms with van der Waals surface area (Å²) in [7, 11) is 0. The van der Waals surface area contributed by atoms with Gasteiger partial charge in [0.25, 0.3) is 0 Å². The van der Waals surface area contributed by atoms with Crippen LogP contribution in [0.15, 0.2) is 12.1 Å². The Kier molecular flexibility index (Phi) is 11.3. The zero-order chi connectivity index (χ0) is 9.28. The monoisotopic (exact) mass is 178 g/mol. The van der Waals surface area contributed by atoms with E-state index in [4.69, 9.17) is 16.3 Å². The predicted molar refractivity (Wildman–Crippen MR) is 47.6 cm³/mol. The first-order chi connectivity index (χ1) is 5.08. The van der Waals surface area contributed by atoms with Crippen molar-refractivity contribution in [1.82, 2.24) is 0 Å². The summed E-state index contributed by atoms with van der Waals surface area (Å²) in [5, 5.41) is 0. The topological polar surface area (TPSA) is 26.3 Å². The van der Waals surface area contributed by atoms with Crippen molar-refractivity contribution in [2.75, 3.05) is 0 Å². The smallest absolute Gasteiger partial charge is 0.305 e. The predicted octanol–water partition coefficient (Wildman–Crippen LogP) is 2.72. The molecule has 2 nitrogen and oxygen atoms in total. The van der Waals surface area contributed by atoms with E-state index in [-0.39, 0.29) is 12.1 Å². The lowest BCUT2D eigenvalue weighted by Crippen LogP contribution is -2.09. The Hall–Kier alpha value is -0.500. The highest BCUT2D eigenvalue weighted by atomic mass is 35.5. The summed E-state index contributed by atoms with van der Waals surface area (Å²) < 4.78 is 4.76. The Balaban J connectivity index is 0. The fourth-order valence-electron chi connectivity index (χ4n) is 0.346. The van der Waals surface area contributed by atoms with Gasteiger partial charge in [-0.25, -0.2) is 0 Å². The van der Waals surface area contributed by atoms with E-state index in [1.807, 2.05) is 13.8 Å². The summed E-state index contributed by atoms with van der Waals surface area (Å²) in [5.74, 6) is -0.125. The van der Waals surface area contributed by atoms with Gasteiger partial charge >= 0.3 is 5.97 Å². The van der Waals surface area contributed by atoms with Gasteiger partial charge in [0.05, 0.1) is 6.10 Å². The molecular formula is C8H15ClO2. The first-order valence-electron chi connectivity index (χ1n) is 3.49. The molecule has 0 aliphatic heterocycles. The summed E-state index contributed by atoms with van der Waals surface area (Å²) in [6.45, 7) is 8.59. The van der Waals surface area contributed by atoms with Gasteiger partial charge in [-0.3, -0.25) is 4.79 Å². The second kappa shape index (κ2) is 9.50. The van der Waals surface area contributed by atoms with Crippen molar-refractivity contribution in [3.8, 4) is 0 Å². The maximum absolute atomic E-state index is 10.4. The molecule has 0 radical (unpaired) electrons. The number of carbonyl (C=O) groups excluding carboxylic acids is 1. The van der Waals surface area contributed by atoms with E-state index in [1.165, 1.54) is 5.54 Å². The molecule has 0 bridgehead atoms. The summed E-state index contributed by atoms with van der Waals surface area (Å²) in [6.07, 6.45) is 0.500. The number of esters is 1. The van der Waals surface area contributed by atoms with Gasteiger partial charge in [0.1, 0.15) is 0 Å². The zero-order valence-corrected chi connectivity index (χ0v) is 8.02. The summed E-state index contributed by atoms with van der Waals surface area (Å²) >= 11 is 4.76. The summed E-state index contributed by atoms with van der Waals surface area (Å²) in [5.41, 5.74) is 1.22. The molecule has 0 N–H and O–H groups in total. The van der Waals surface area contributed by atoms with Crippen LogP contribution < -0.4 is 0 Å². The average Bonchev–Trinajstić information content (AvgIpc) is 1.88. The first kappa shape index (κ1) is 13.1. The fourth-order valence-corrected chi connectivity index (χ4v) is 0.346. The normalized spacial score (nSPS) is 8.09. The first-order valence-corrected chi connectivity index (χ1v) is 3.92. The molecule has 0 heterocycles. The molecule has 3 heteroatoms. The number of hydrogen-bond acceptors (Lipinski definition) is 2. The van der Waals surface area contributed by atoms with Crippen LogP contribution in [0.4, 0.5) is 0 Å². The summed E-state index contributed by atoms with van der Waals surface area (Å²) in [4.78, 5) is 10.4. The van der Waals surface area contributed by atoms with Crippen LogP contribution in [0.5, 0.6) is 0 Å². The SMILES string of the molecule is C=CCl.CCC(=O)OC(C)C. The number of halogens is 1. The molecule has 0 atom stereocenters. The van der Waals surface area contributed by atoms with Crippen LogP contribution in [0.3, 0.4) is 0 Å². The molecule has 0 aromatic carbocycles. The molecule has 66 valence electrons. The molecule has 0 spiro atoms. The quantitative estimate of drug-likeness (QED) is 0.608. The molecule has 0 saturated heterocycles. The lowest BCUT2D eigenvalue weighted by atomic mass is 10.4. The molecule has 0 rings (SSSR count). The molecule has 11 heavy (non-hydrogen) atoms. The van der Waals surface area contributed by atoms with E-state index in [1.54, 1.807) is 6.92 Å². The van der Waals surface area contributed by atoms with Gasteiger partial charge in [-0.2, -0.15) is 0 Å². The highest BCUT2D eigenvalue weighted by Gasteiger charge is 1.98. The van der Waals surface area contributed by atoms with Gasteiger partial charge in [0.15, 0.2) is 0 Å². The van der Waals surface area contributed by atoms with Crippen molar-refractivity contribution < 1.29 is 9.53 Å². The molecule has 0 unspecified atom stereocenters. The number of rotatable bonds is 2. The van der Waals surface area contributed by atoms with E-state index in [9.17, 15) is 4.79 Å².